The first-order valence-corrected chi connectivity index (χ1v) is 7.70. The minimum absolute atomic E-state index is 0.217. The number of hydrogen-bond acceptors (Lipinski definition) is 4. The van der Waals surface area contributed by atoms with Crippen LogP contribution >= 0.6 is 0 Å². The first kappa shape index (κ1) is 17.5. The van der Waals surface area contributed by atoms with Gasteiger partial charge >= 0.3 is 0 Å². The van der Waals surface area contributed by atoms with Crippen LogP contribution in [0.15, 0.2) is 48.5 Å². The van der Waals surface area contributed by atoms with Crippen molar-refractivity contribution in [2.45, 2.75) is 19.6 Å². The SMILES string of the molecule is CC(Oc1ccc(C#N)cc1)C(=O)Nc1ccccc1CN(C)C. The molecule has 0 saturated carbocycles. The summed E-state index contributed by atoms with van der Waals surface area (Å²) in [5.41, 5.74) is 2.38. The predicted molar refractivity (Wildman–Crippen MR) is 93.7 cm³/mol. The van der Waals surface area contributed by atoms with E-state index >= 15 is 0 Å². The number of carbonyl (C=O) groups excluding carboxylic acids is 1. The van der Waals surface area contributed by atoms with E-state index in [1.54, 1.807) is 31.2 Å². The molecule has 124 valence electrons. The van der Waals surface area contributed by atoms with E-state index in [0.717, 1.165) is 17.8 Å². The van der Waals surface area contributed by atoms with Crippen LogP contribution in [0.2, 0.25) is 0 Å². The Labute approximate surface area is 142 Å². The maximum atomic E-state index is 12.4. The molecule has 5 nitrogen and oxygen atoms in total. The zero-order valence-corrected chi connectivity index (χ0v) is 14.1. The van der Waals surface area contributed by atoms with Crippen molar-refractivity contribution in [3.63, 3.8) is 0 Å². The van der Waals surface area contributed by atoms with Crippen molar-refractivity contribution in [3.8, 4) is 11.8 Å². The zero-order valence-electron chi connectivity index (χ0n) is 14.1. The molecule has 0 bridgehead atoms. The molecule has 1 unspecified atom stereocenters. The molecule has 1 N–H and O–H groups in total. The van der Waals surface area contributed by atoms with Crippen LogP contribution in [-0.4, -0.2) is 31.0 Å². The average molecular weight is 323 g/mol. The molecule has 2 aromatic carbocycles. The average Bonchev–Trinajstić information content (AvgIpc) is 2.56. The zero-order chi connectivity index (χ0) is 17.5. The largest absolute Gasteiger partial charge is 0.481 e. The summed E-state index contributed by atoms with van der Waals surface area (Å²) in [5.74, 6) is 0.337. The molecule has 0 aliphatic rings. The van der Waals surface area contributed by atoms with Gasteiger partial charge in [0.05, 0.1) is 11.6 Å². The van der Waals surface area contributed by atoms with Gasteiger partial charge in [-0.3, -0.25) is 4.79 Å². The van der Waals surface area contributed by atoms with Crippen molar-refractivity contribution in [1.82, 2.24) is 4.90 Å². The number of nitriles is 1. The van der Waals surface area contributed by atoms with Gasteiger partial charge in [0.2, 0.25) is 0 Å². The molecule has 24 heavy (non-hydrogen) atoms. The van der Waals surface area contributed by atoms with Gasteiger partial charge in [0, 0.05) is 12.2 Å². The van der Waals surface area contributed by atoms with Crippen LogP contribution in [0.3, 0.4) is 0 Å². The fraction of sp³-hybridized carbons (Fsp3) is 0.263. The van der Waals surface area contributed by atoms with E-state index in [4.69, 9.17) is 10.00 Å². The summed E-state index contributed by atoms with van der Waals surface area (Å²) < 4.78 is 5.64. The highest BCUT2D eigenvalue weighted by Gasteiger charge is 2.16. The van der Waals surface area contributed by atoms with Gasteiger partial charge in [-0.2, -0.15) is 5.26 Å². The lowest BCUT2D eigenvalue weighted by Gasteiger charge is -2.18. The lowest BCUT2D eigenvalue weighted by atomic mass is 10.1. The normalized spacial score (nSPS) is 11.6. The fourth-order valence-electron chi connectivity index (χ4n) is 2.22. The molecule has 0 aliphatic carbocycles. The number of hydrogen-bond donors (Lipinski definition) is 1. The monoisotopic (exact) mass is 323 g/mol. The molecule has 0 aromatic heterocycles. The highest BCUT2D eigenvalue weighted by Crippen LogP contribution is 2.18. The Hall–Kier alpha value is -2.84. The molecule has 1 amide bonds. The van der Waals surface area contributed by atoms with E-state index in [0.29, 0.717) is 11.3 Å². The quantitative estimate of drug-likeness (QED) is 0.887. The predicted octanol–water partition coefficient (Wildman–Crippen LogP) is 3.03. The maximum absolute atomic E-state index is 12.4. The summed E-state index contributed by atoms with van der Waals surface area (Å²) in [6, 6.07) is 16.4. The number of carbonyl (C=O) groups is 1. The van der Waals surface area contributed by atoms with Crippen molar-refractivity contribution >= 4 is 11.6 Å². The summed E-state index contributed by atoms with van der Waals surface area (Å²) in [6.45, 7) is 2.43. The number of rotatable bonds is 6. The third-order valence-electron chi connectivity index (χ3n) is 3.43. The summed E-state index contributed by atoms with van der Waals surface area (Å²) in [7, 11) is 3.96. The van der Waals surface area contributed by atoms with Gasteiger partial charge in [-0.25, -0.2) is 0 Å². The van der Waals surface area contributed by atoms with Crippen LogP contribution in [0, 0.1) is 11.3 Å². The summed E-state index contributed by atoms with van der Waals surface area (Å²) >= 11 is 0. The smallest absolute Gasteiger partial charge is 0.265 e. The topological polar surface area (TPSA) is 65.4 Å². The Bertz CT molecular complexity index is 733. The Balaban J connectivity index is 2.02. The fourth-order valence-corrected chi connectivity index (χ4v) is 2.22. The number of benzene rings is 2. The Morgan fingerprint density at radius 1 is 1.21 bits per heavy atom. The molecule has 5 heteroatoms. The van der Waals surface area contributed by atoms with E-state index in [1.165, 1.54) is 0 Å². The number of para-hydroxylation sites is 1. The highest BCUT2D eigenvalue weighted by atomic mass is 16.5. The molecule has 0 radical (unpaired) electrons. The summed E-state index contributed by atoms with van der Waals surface area (Å²) in [4.78, 5) is 14.4. The van der Waals surface area contributed by atoms with Gasteiger partial charge < -0.3 is 15.0 Å². The third kappa shape index (κ3) is 4.83. The van der Waals surface area contributed by atoms with E-state index in [2.05, 4.69) is 5.32 Å². The molecule has 1 atom stereocenters. The highest BCUT2D eigenvalue weighted by molar-refractivity contribution is 5.94. The lowest BCUT2D eigenvalue weighted by molar-refractivity contribution is -0.122. The second-order valence-corrected chi connectivity index (χ2v) is 5.78. The van der Waals surface area contributed by atoms with Crippen molar-refractivity contribution in [1.29, 1.82) is 5.26 Å². The van der Waals surface area contributed by atoms with Crippen LogP contribution < -0.4 is 10.1 Å². The van der Waals surface area contributed by atoms with Crippen LogP contribution in [0.5, 0.6) is 5.75 Å². The second kappa shape index (κ2) is 8.14. The van der Waals surface area contributed by atoms with Crippen molar-refractivity contribution in [2.75, 3.05) is 19.4 Å². The first-order valence-electron chi connectivity index (χ1n) is 7.70. The third-order valence-corrected chi connectivity index (χ3v) is 3.43. The number of anilines is 1. The van der Waals surface area contributed by atoms with Crippen molar-refractivity contribution in [2.24, 2.45) is 0 Å². The number of ether oxygens (including phenoxy) is 1. The van der Waals surface area contributed by atoms with Gasteiger partial charge in [-0.15, -0.1) is 0 Å². The molecular weight excluding hydrogens is 302 g/mol. The van der Waals surface area contributed by atoms with Crippen molar-refractivity contribution < 1.29 is 9.53 Å². The molecule has 0 fully saturated rings. The number of nitrogens with one attached hydrogen (secondary N) is 1. The summed E-state index contributed by atoms with van der Waals surface area (Å²) in [5, 5.41) is 11.7. The van der Waals surface area contributed by atoms with Gasteiger partial charge in [0.25, 0.3) is 5.91 Å². The molecule has 0 aliphatic heterocycles. The van der Waals surface area contributed by atoms with E-state index in [1.807, 2.05) is 49.3 Å². The number of nitrogens with zero attached hydrogens (tertiary/aromatic N) is 2. The molecule has 2 aromatic rings. The van der Waals surface area contributed by atoms with Crippen molar-refractivity contribution in [3.05, 3.63) is 59.7 Å². The Morgan fingerprint density at radius 3 is 2.50 bits per heavy atom. The maximum Gasteiger partial charge on any atom is 0.265 e. The van der Waals surface area contributed by atoms with Crippen LogP contribution in [0.1, 0.15) is 18.1 Å². The van der Waals surface area contributed by atoms with E-state index in [-0.39, 0.29) is 5.91 Å². The van der Waals surface area contributed by atoms with Gasteiger partial charge in [0.1, 0.15) is 5.75 Å². The lowest BCUT2D eigenvalue weighted by Crippen LogP contribution is -2.30. The standard InChI is InChI=1S/C19H21N3O2/c1-14(24-17-10-8-15(12-20)9-11-17)19(23)21-18-7-5-4-6-16(18)13-22(2)3/h4-11,14H,13H2,1-3H3,(H,21,23). The van der Waals surface area contributed by atoms with Gasteiger partial charge in [-0.05, 0) is 56.9 Å². The van der Waals surface area contributed by atoms with Crippen LogP contribution in [0.25, 0.3) is 0 Å². The second-order valence-electron chi connectivity index (χ2n) is 5.78. The minimum atomic E-state index is -0.648. The molecule has 0 saturated heterocycles. The van der Waals surface area contributed by atoms with Gasteiger partial charge in [-0.1, -0.05) is 18.2 Å². The summed E-state index contributed by atoms with van der Waals surface area (Å²) in [6.07, 6.45) is -0.648. The Morgan fingerprint density at radius 2 is 1.88 bits per heavy atom. The molecule has 0 heterocycles. The van der Waals surface area contributed by atoms with Gasteiger partial charge in [0.15, 0.2) is 6.10 Å². The number of amides is 1. The Kier molecular flexibility index (Phi) is 5.94. The van der Waals surface area contributed by atoms with Crippen LogP contribution in [-0.2, 0) is 11.3 Å². The van der Waals surface area contributed by atoms with E-state index in [9.17, 15) is 4.79 Å². The van der Waals surface area contributed by atoms with E-state index < -0.39 is 6.10 Å². The van der Waals surface area contributed by atoms with Crippen LogP contribution in [0.4, 0.5) is 5.69 Å². The molecule has 2 rings (SSSR count). The molecule has 0 spiro atoms. The minimum Gasteiger partial charge on any atom is -0.481 e. The first-order chi connectivity index (χ1) is 11.5. The molecular formula is C19H21N3O2.